The SMILES string of the molecule is Cc1cccc(-c2nc3ccccc3n2CC(=O)Nc2cc(C)ccc2C)c1. The number of amides is 1. The molecule has 0 aliphatic carbocycles. The first-order valence-electron chi connectivity index (χ1n) is 9.41. The maximum atomic E-state index is 12.9. The van der Waals surface area contributed by atoms with Crippen LogP contribution in [0.15, 0.2) is 66.7 Å². The van der Waals surface area contributed by atoms with E-state index in [4.69, 9.17) is 4.98 Å². The van der Waals surface area contributed by atoms with Crippen LogP contribution in [-0.2, 0) is 11.3 Å². The number of imidazole rings is 1. The number of para-hydroxylation sites is 2. The van der Waals surface area contributed by atoms with Crippen LogP contribution in [0.5, 0.6) is 0 Å². The molecule has 0 aliphatic heterocycles. The van der Waals surface area contributed by atoms with Gasteiger partial charge in [-0.05, 0) is 56.2 Å². The van der Waals surface area contributed by atoms with E-state index in [1.165, 1.54) is 0 Å². The zero-order chi connectivity index (χ0) is 19.7. The van der Waals surface area contributed by atoms with Crippen molar-refractivity contribution in [2.24, 2.45) is 0 Å². The molecule has 28 heavy (non-hydrogen) atoms. The number of anilines is 1. The Balaban J connectivity index is 1.72. The molecule has 3 aromatic carbocycles. The minimum absolute atomic E-state index is 0.0641. The highest BCUT2D eigenvalue weighted by molar-refractivity contribution is 5.93. The van der Waals surface area contributed by atoms with E-state index in [1.54, 1.807) is 0 Å². The van der Waals surface area contributed by atoms with Gasteiger partial charge in [-0.2, -0.15) is 0 Å². The molecule has 1 heterocycles. The van der Waals surface area contributed by atoms with E-state index >= 15 is 0 Å². The molecule has 0 saturated carbocycles. The van der Waals surface area contributed by atoms with Crippen molar-refractivity contribution >= 4 is 22.6 Å². The van der Waals surface area contributed by atoms with Crippen molar-refractivity contribution in [1.82, 2.24) is 9.55 Å². The molecule has 0 bridgehead atoms. The number of fused-ring (bicyclic) bond motifs is 1. The third-order valence-corrected chi connectivity index (χ3v) is 4.90. The fourth-order valence-corrected chi connectivity index (χ4v) is 3.44. The van der Waals surface area contributed by atoms with E-state index in [-0.39, 0.29) is 12.5 Å². The normalized spacial score (nSPS) is 11.0. The number of nitrogens with zero attached hydrogens (tertiary/aromatic N) is 2. The van der Waals surface area contributed by atoms with Crippen LogP contribution >= 0.6 is 0 Å². The summed E-state index contributed by atoms with van der Waals surface area (Å²) in [6.45, 7) is 6.29. The lowest BCUT2D eigenvalue weighted by Gasteiger charge is -2.12. The standard InChI is InChI=1S/C24H23N3O/c1-16-7-6-8-19(13-16)24-26-20-9-4-5-10-22(20)27(24)15-23(28)25-21-14-17(2)11-12-18(21)3/h4-14H,15H2,1-3H3,(H,25,28). The van der Waals surface area contributed by atoms with Gasteiger partial charge in [0, 0.05) is 11.3 Å². The van der Waals surface area contributed by atoms with Crippen molar-refractivity contribution in [3.63, 3.8) is 0 Å². The van der Waals surface area contributed by atoms with Crippen LogP contribution in [0.1, 0.15) is 16.7 Å². The van der Waals surface area contributed by atoms with Gasteiger partial charge < -0.3 is 9.88 Å². The number of nitrogens with one attached hydrogen (secondary N) is 1. The highest BCUT2D eigenvalue weighted by atomic mass is 16.1. The van der Waals surface area contributed by atoms with E-state index in [1.807, 2.05) is 73.0 Å². The van der Waals surface area contributed by atoms with Crippen LogP contribution in [0.3, 0.4) is 0 Å². The Morgan fingerprint density at radius 1 is 0.929 bits per heavy atom. The smallest absolute Gasteiger partial charge is 0.244 e. The number of benzene rings is 3. The van der Waals surface area contributed by atoms with Gasteiger partial charge in [-0.25, -0.2) is 4.98 Å². The molecule has 0 atom stereocenters. The molecule has 0 aliphatic rings. The fourth-order valence-electron chi connectivity index (χ4n) is 3.44. The summed E-state index contributed by atoms with van der Waals surface area (Å²) < 4.78 is 1.99. The van der Waals surface area contributed by atoms with Gasteiger partial charge in [0.15, 0.2) is 0 Å². The van der Waals surface area contributed by atoms with E-state index in [0.717, 1.165) is 44.8 Å². The molecule has 0 radical (unpaired) electrons. The summed E-state index contributed by atoms with van der Waals surface area (Å²) in [5.74, 6) is 0.742. The first-order chi connectivity index (χ1) is 13.5. The van der Waals surface area contributed by atoms with Crippen molar-refractivity contribution < 1.29 is 4.79 Å². The highest BCUT2D eigenvalue weighted by Crippen LogP contribution is 2.26. The lowest BCUT2D eigenvalue weighted by molar-refractivity contribution is -0.116. The number of aryl methyl sites for hydroxylation is 3. The molecule has 4 aromatic rings. The average Bonchev–Trinajstić information content (AvgIpc) is 3.03. The number of hydrogen-bond acceptors (Lipinski definition) is 2. The van der Waals surface area contributed by atoms with Crippen molar-refractivity contribution in [2.75, 3.05) is 5.32 Å². The van der Waals surface area contributed by atoms with Crippen LogP contribution in [-0.4, -0.2) is 15.5 Å². The van der Waals surface area contributed by atoms with Crippen molar-refractivity contribution in [1.29, 1.82) is 0 Å². The second-order valence-electron chi connectivity index (χ2n) is 7.25. The average molecular weight is 369 g/mol. The molecule has 0 saturated heterocycles. The molecule has 4 heteroatoms. The number of carbonyl (C=O) groups is 1. The van der Waals surface area contributed by atoms with E-state index in [0.29, 0.717) is 0 Å². The Labute approximate surface area is 164 Å². The molecule has 1 aromatic heterocycles. The summed E-state index contributed by atoms with van der Waals surface area (Å²) in [5.41, 5.74) is 7.04. The molecular weight excluding hydrogens is 346 g/mol. The van der Waals surface area contributed by atoms with Crippen LogP contribution in [0.25, 0.3) is 22.4 Å². The van der Waals surface area contributed by atoms with E-state index in [2.05, 4.69) is 24.4 Å². The third-order valence-electron chi connectivity index (χ3n) is 4.90. The van der Waals surface area contributed by atoms with Gasteiger partial charge in [-0.3, -0.25) is 4.79 Å². The Kier molecular flexibility index (Phi) is 4.70. The minimum Gasteiger partial charge on any atom is -0.324 e. The van der Waals surface area contributed by atoms with Crippen LogP contribution in [0.2, 0.25) is 0 Å². The quantitative estimate of drug-likeness (QED) is 0.533. The maximum Gasteiger partial charge on any atom is 0.244 e. The Morgan fingerprint density at radius 3 is 2.54 bits per heavy atom. The Morgan fingerprint density at radius 2 is 1.71 bits per heavy atom. The van der Waals surface area contributed by atoms with Crippen molar-refractivity contribution in [3.05, 3.63) is 83.4 Å². The van der Waals surface area contributed by atoms with Crippen LogP contribution in [0, 0.1) is 20.8 Å². The predicted octanol–water partition coefficient (Wildman–Crippen LogP) is 5.27. The molecule has 140 valence electrons. The largest absolute Gasteiger partial charge is 0.324 e. The topological polar surface area (TPSA) is 46.9 Å². The van der Waals surface area contributed by atoms with Crippen LogP contribution < -0.4 is 5.32 Å². The number of carbonyl (C=O) groups excluding carboxylic acids is 1. The summed E-state index contributed by atoms with van der Waals surface area (Å²) in [6, 6.07) is 22.2. The van der Waals surface area contributed by atoms with Crippen LogP contribution in [0.4, 0.5) is 5.69 Å². The summed E-state index contributed by atoms with van der Waals surface area (Å²) in [5, 5.41) is 3.06. The summed E-state index contributed by atoms with van der Waals surface area (Å²) in [7, 11) is 0. The summed E-state index contributed by atoms with van der Waals surface area (Å²) in [4.78, 5) is 17.7. The van der Waals surface area contributed by atoms with Gasteiger partial charge in [0.25, 0.3) is 0 Å². The van der Waals surface area contributed by atoms with Gasteiger partial charge in [0.1, 0.15) is 12.4 Å². The molecule has 1 N–H and O–H groups in total. The molecule has 0 fully saturated rings. The number of aromatic nitrogens is 2. The van der Waals surface area contributed by atoms with Gasteiger partial charge >= 0.3 is 0 Å². The van der Waals surface area contributed by atoms with E-state index < -0.39 is 0 Å². The summed E-state index contributed by atoms with van der Waals surface area (Å²) in [6.07, 6.45) is 0. The lowest BCUT2D eigenvalue weighted by atomic mass is 10.1. The zero-order valence-electron chi connectivity index (χ0n) is 16.4. The van der Waals surface area contributed by atoms with Crippen molar-refractivity contribution in [3.8, 4) is 11.4 Å². The minimum atomic E-state index is -0.0641. The lowest BCUT2D eigenvalue weighted by Crippen LogP contribution is -2.20. The second kappa shape index (κ2) is 7.31. The molecule has 1 amide bonds. The second-order valence-corrected chi connectivity index (χ2v) is 7.25. The molecule has 4 nitrogen and oxygen atoms in total. The first kappa shape index (κ1) is 18.0. The number of hydrogen-bond donors (Lipinski definition) is 1. The first-order valence-corrected chi connectivity index (χ1v) is 9.41. The van der Waals surface area contributed by atoms with Gasteiger partial charge in [-0.1, -0.05) is 48.0 Å². The Hall–Kier alpha value is -3.40. The molecule has 0 spiro atoms. The summed E-state index contributed by atoms with van der Waals surface area (Å²) >= 11 is 0. The van der Waals surface area contributed by atoms with Crippen molar-refractivity contribution in [2.45, 2.75) is 27.3 Å². The highest BCUT2D eigenvalue weighted by Gasteiger charge is 2.16. The van der Waals surface area contributed by atoms with Gasteiger partial charge in [0.2, 0.25) is 5.91 Å². The van der Waals surface area contributed by atoms with Gasteiger partial charge in [0.05, 0.1) is 11.0 Å². The third kappa shape index (κ3) is 3.54. The molecular formula is C24H23N3O. The predicted molar refractivity (Wildman–Crippen MR) is 114 cm³/mol. The maximum absolute atomic E-state index is 12.9. The number of rotatable bonds is 4. The molecule has 4 rings (SSSR count). The monoisotopic (exact) mass is 369 g/mol. The van der Waals surface area contributed by atoms with Gasteiger partial charge in [-0.15, -0.1) is 0 Å². The zero-order valence-corrected chi connectivity index (χ0v) is 16.4. The fraction of sp³-hybridized carbons (Fsp3) is 0.167. The van der Waals surface area contributed by atoms with E-state index in [9.17, 15) is 4.79 Å². The molecule has 0 unspecified atom stereocenters. The Bertz CT molecular complexity index is 1170.